The molecule has 7 heteroatoms. The number of anilines is 2. The second-order valence-electron chi connectivity index (χ2n) is 4.28. The minimum atomic E-state index is -0.518. The molecule has 0 spiro atoms. The van der Waals surface area contributed by atoms with Gasteiger partial charge in [0.2, 0.25) is 0 Å². The van der Waals surface area contributed by atoms with E-state index in [0.717, 1.165) is 5.39 Å². The summed E-state index contributed by atoms with van der Waals surface area (Å²) in [6.07, 6.45) is 1.63. The van der Waals surface area contributed by atoms with Crippen LogP contribution in [-0.4, -0.2) is 10.9 Å². The third-order valence-corrected chi connectivity index (χ3v) is 4.51. The van der Waals surface area contributed by atoms with Gasteiger partial charge in [0.1, 0.15) is 15.5 Å². The lowest BCUT2D eigenvalue weighted by molar-refractivity contribution is 0.103. The summed E-state index contributed by atoms with van der Waals surface area (Å²) >= 11 is 4.34. The van der Waals surface area contributed by atoms with Crippen LogP contribution in [0.3, 0.4) is 0 Å². The fraction of sp³-hybridized carbons (Fsp3) is 0. The Morgan fingerprint density at radius 1 is 1.38 bits per heavy atom. The van der Waals surface area contributed by atoms with Crippen LogP contribution in [0.2, 0.25) is 0 Å². The van der Waals surface area contributed by atoms with E-state index >= 15 is 0 Å². The molecule has 0 atom stereocenters. The van der Waals surface area contributed by atoms with Gasteiger partial charge in [0.15, 0.2) is 0 Å². The van der Waals surface area contributed by atoms with Crippen molar-refractivity contribution in [1.29, 1.82) is 0 Å². The monoisotopic (exact) mass is 365 g/mol. The normalized spacial score (nSPS) is 10.8. The maximum absolute atomic E-state index is 13.7. The highest BCUT2D eigenvalue weighted by molar-refractivity contribution is 9.10. The van der Waals surface area contributed by atoms with Crippen LogP contribution in [0.5, 0.6) is 0 Å². The quantitative estimate of drug-likeness (QED) is 0.720. The van der Waals surface area contributed by atoms with Gasteiger partial charge in [0, 0.05) is 16.1 Å². The lowest BCUT2D eigenvalue weighted by Gasteiger charge is -2.06. The molecule has 21 heavy (non-hydrogen) atoms. The molecule has 1 amide bonds. The van der Waals surface area contributed by atoms with Crippen LogP contribution in [0.4, 0.5) is 15.8 Å². The summed E-state index contributed by atoms with van der Waals surface area (Å²) in [4.78, 5) is 17.4. The fourth-order valence-corrected chi connectivity index (χ4v) is 3.18. The average molecular weight is 366 g/mol. The predicted octanol–water partition coefficient (Wildman–Crippen LogP) is 4.03. The van der Waals surface area contributed by atoms with E-state index in [-0.39, 0.29) is 5.69 Å². The van der Waals surface area contributed by atoms with Gasteiger partial charge in [-0.15, -0.1) is 11.3 Å². The van der Waals surface area contributed by atoms with Crippen molar-refractivity contribution < 1.29 is 9.18 Å². The number of nitrogens with one attached hydrogen (secondary N) is 1. The molecular formula is C14H9BrFN3OS. The number of hydrogen-bond acceptors (Lipinski definition) is 4. The van der Waals surface area contributed by atoms with Gasteiger partial charge in [0.05, 0.1) is 11.4 Å². The van der Waals surface area contributed by atoms with Crippen molar-refractivity contribution in [3.8, 4) is 0 Å². The number of hydrogen-bond donors (Lipinski definition) is 2. The fourth-order valence-electron chi connectivity index (χ4n) is 1.89. The summed E-state index contributed by atoms with van der Waals surface area (Å²) in [5, 5.41) is 3.25. The first kappa shape index (κ1) is 14.0. The summed E-state index contributed by atoms with van der Waals surface area (Å²) < 4.78 is 14.3. The van der Waals surface area contributed by atoms with Crippen molar-refractivity contribution in [2.45, 2.75) is 0 Å². The lowest BCUT2D eigenvalue weighted by atomic mass is 10.2. The van der Waals surface area contributed by atoms with Gasteiger partial charge in [-0.05, 0) is 30.3 Å². The Balaban J connectivity index is 1.95. The number of nitrogen functional groups attached to an aromatic ring is 1. The summed E-state index contributed by atoms with van der Waals surface area (Å²) in [7, 11) is 0. The molecule has 3 N–H and O–H groups in total. The third-order valence-electron chi connectivity index (χ3n) is 2.89. The molecule has 2 aromatic heterocycles. The second-order valence-corrected chi connectivity index (χ2v) is 6.19. The van der Waals surface area contributed by atoms with Gasteiger partial charge >= 0.3 is 0 Å². The van der Waals surface area contributed by atoms with Gasteiger partial charge in [-0.2, -0.15) is 0 Å². The number of carbonyl (C=O) groups is 1. The molecule has 0 aliphatic heterocycles. The van der Waals surface area contributed by atoms with E-state index in [1.54, 1.807) is 24.4 Å². The van der Waals surface area contributed by atoms with Crippen LogP contribution in [-0.2, 0) is 0 Å². The van der Waals surface area contributed by atoms with E-state index in [9.17, 15) is 9.18 Å². The van der Waals surface area contributed by atoms with Crippen LogP contribution < -0.4 is 11.1 Å². The predicted molar refractivity (Wildman–Crippen MR) is 86.1 cm³/mol. The average Bonchev–Trinajstić information content (AvgIpc) is 2.80. The first-order valence-corrected chi connectivity index (χ1v) is 7.56. The topological polar surface area (TPSA) is 68.0 Å². The van der Waals surface area contributed by atoms with Crippen molar-refractivity contribution in [1.82, 2.24) is 4.98 Å². The molecule has 1 aromatic carbocycles. The Labute approximate surface area is 131 Å². The number of fused-ring (bicyclic) bond motifs is 1. The van der Waals surface area contributed by atoms with Crippen molar-refractivity contribution in [3.05, 3.63) is 51.7 Å². The molecule has 4 nitrogen and oxygen atoms in total. The van der Waals surface area contributed by atoms with E-state index in [4.69, 9.17) is 5.73 Å². The molecule has 0 aliphatic rings. The molecule has 0 saturated carbocycles. The van der Waals surface area contributed by atoms with Gasteiger partial charge in [-0.25, -0.2) is 9.37 Å². The third kappa shape index (κ3) is 2.62. The molecule has 2 heterocycles. The maximum Gasteiger partial charge on any atom is 0.268 e. The molecule has 0 unspecified atom stereocenters. The Kier molecular flexibility index (Phi) is 3.60. The number of benzene rings is 1. The number of aromatic nitrogens is 1. The zero-order valence-electron chi connectivity index (χ0n) is 10.6. The molecule has 3 rings (SSSR count). The Hall–Kier alpha value is -1.99. The number of nitrogens with zero attached hydrogens (tertiary/aromatic N) is 1. The number of carbonyl (C=O) groups excluding carboxylic acids is 1. The molecule has 106 valence electrons. The van der Waals surface area contributed by atoms with E-state index in [0.29, 0.717) is 19.9 Å². The van der Waals surface area contributed by atoms with Crippen LogP contribution in [0.1, 0.15) is 9.67 Å². The van der Waals surface area contributed by atoms with Gasteiger partial charge in [0.25, 0.3) is 5.91 Å². The number of pyridine rings is 1. The van der Waals surface area contributed by atoms with Crippen LogP contribution in [0.15, 0.2) is 41.0 Å². The number of rotatable bonds is 2. The smallest absolute Gasteiger partial charge is 0.268 e. The van der Waals surface area contributed by atoms with E-state index in [1.807, 2.05) is 0 Å². The first-order chi connectivity index (χ1) is 10.1. The molecule has 0 fully saturated rings. The van der Waals surface area contributed by atoms with Crippen molar-refractivity contribution in [2.75, 3.05) is 11.1 Å². The van der Waals surface area contributed by atoms with Crippen molar-refractivity contribution in [3.63, 3.8) is 0 Å². The van der Waals surface area contributed by atoms with E-state index in [2.05, 4.69) is 26.2 Å². The van der Waals surface area contributed by atoms with Crippen LogP contribution in [0.25, 0.3) is 10.2 Å². The summed E-state index contributed by atoms with van der Waals surface area (Å²) in [5.74, 6) is -0.966. The van der Waals surface area contributed by atoms with Crippen LogP contribution >= 0.6 is 27.3 Å². The van der Waals surface area contributed by atoms with Crippen molar-refractivity contribution >= 4 is 54.8 Å². The SMILES string of the molecule is Nc1c(C(=O)Nc2ccc(Br)cc2F)sc2ncccc12. The van der Waals surface area contributed by atoms with Gasteiger partial charge < -0.3 is 11.1 Å². The standard InChI is InChI=1S/C14H9BrFN3OS/c15-7-3-4-10(9(16)6-7)19-13(20)12-11(17)8-2-1-5-18-14(8)21-12/h1-6H,17H2,(H,19,20). The largest absolute Gasteiger partial charge is 0.397 e. The minimum absolute atomic E-state index is 0.105. The van der Waals surface area contributed by atoms with E-state index < -0.39 is 11.7 Å². The first-order valence-electron chi connectivity index (χ1n) is 5.95. The molecule has 0 bridgehead atoms. The molecule has 0 aliphatic carbocycles. The number of thiophene rings is 1. The lowest BCUT2D eigenvalue weighted by Crippen LogP contribution is -2.13. The molecule has 0 radical (unpaired) electrons. The molecular weight excluding hydrogens is 357 g/mol. The van der Waals surface area contributed by atoms with Gasteiger partial charge in [-0.3, -0.25) is 4.79 Å². The minimum Gasteiger partial charge on any atom is -0.397 e. The Morgan fingerprint density at radius 2 is 2.19 bits per heavy atom. The highest BCUT2D eigenvalue weighted by Gasteiger charge is 2.18. The highest BCUT2D eigenvalue weighted by Crippen LogP contribution is 2.32. The van der Waals surface area contributed by atoms with Gasteiger partial charge in [-0.1, -0.05) is 15.9 Å². The van der Waals surface area contributed by atoms with E-state index in [1.165, 1.54) is 23.5 Å². The highest BCUT2D eigenvalue weighted by atomic mass is 79.9. The zero-order chi connectivity index (χ0) is 15.0. The zero-order valence-corrected chi connectivity index (χ0v) is 13.0. The van der Waals surface area contributed by atoms with Crippen molar-refractivity contribution in [2.24, 2.45) is 0 Å². The van der Waals surface area contributed by atoms with Crippen LogP contribution in [0, 0.1) is 5.82 Å². The summed E-state index contributed by atoms with van der Waals surface area (Å²) in [6, 6.07) is 7.96. The number of amides is 1. The number of halogens is 2. The summed E-state index contributed by atoms with van der Waals surface area (Å²) in [6.45, 7) is 0. The molecule has 0 saturated heterocycles. The Morgan fingerprint density at radius 3 is 2.90 bits per heavy atom. The molecule has 3 aromatic rings. The Bertz CT molecular complexity index is 849. The summed E-state index contributed by atoms with van der Waals surface area (Å²) in [5.41, 5.74) is 6.43. The second kappa shape index (κ2) is 5.42. The number of nitrogens with two attached hydrogens (primary N) is 1. The maximum atomic E-state index is 13.7.